The highest BCUT2D eigenvalue weighted by molar-refractivity contribution is 6.30. The summed E-state index contributed by atoms with van der Waals surface area (Å²) >= 11 is 5.98. The average Bonchev–Trinajstić information content (AvgIpc) is 3.11. The van der Waals surface area contributed by atoms with Gasteiger partial charge in [0.15, 0.2) is 0 Å². The number of hydrogen-bond donors (Lipinski definition) is 1. The molecule has 0 radical (unpaired) electrons. The molecule has 1 saturated carbocycles. The first-order valence-electron chi connectivity index (χ1n) is 10.0. The second-order valence-electron chi connectivity index (χ2n) is 8.06. The van der Waals surface area contributed by atoms with Gasteiger partial charge in [-0.3, -0.25) is 9.69 Å². The lowest BCUT2D eigenvalue weighted by molar-refractivity contribution is -0.132. The lowest BCUT2D eigenvalue weighted by Gasteiger charge is -2.29. The number of likely N-dealkylation sites (tertiary alicyclic amines) is 1. The summed E-state index contributed by atoms with van der Waals surface area (Å²) in [5.74, 6) is 0.829. The van der Waals surface area contributed by atoms with Crippen molar-refractivity contribution in [2.75, 3.05) is 33.3 Å². The number of rotatable bonds is 6. The van der Waals surface area contributed by atoms with Gasteiger partial charge in [-0.25, -0.2) is 0 Å². The van der Waals surface area contributed by atoms with Crippen molar-refractivity contribution in [3.63, 3.8) is 0 Å². The highest BCUT2D eigenvalue weighted by Crippen LogP contribution is 2.26. The third-order valence-corrected chi connectivity index (χ3v) is 6.14. The minimum absolute atomic E-state index is 0.171. The lowest BCUT2D eigenvalue weighted by atomic mass is 9.96. The second-order valence-corrected chi connectivity index (χ2v) is 8.49. The molecule has 1 saturated heterocycles. The third kappa shape index (κ3) is 5.84. The zero-order valence-corrected chi connectivity index (χ0v) is 17.0. The van der Waals surface area contributed by atoms with E-state index in [-0.39, 0.29) is 12.5 Å². The van der Waals surface area contributed by atoms with Crippen molar-refractivity contribution in [1.82, 2.24) is 9.80 Å². The van der Waals surface area contributed by atoms with Crippen molar-refractivity contribution < 1.29 is 14.6 Å². The van der Waals surface area contributed by atoms with Crippen LogP contribution in [0.5, 0.6) is 5.75 Å². The number of likely N-dealkylation sites (N-methyl/N-ethyl adjacent to an activating group) is 1. The maximum Gasteiger partial charge on any atom is 0.236 e. The first-order chi connectivity index (χ1) is 13.0. The average molecular weight is 395 g/mol. The molecule has 0 spiro atoms. The van der Waals surface area contributed by atoms with Crippen molar-refractivity contribution >= 4 is 17.5 Å². The summed E-state index contributed by atoms with van der Waals surface area (Å²) in [6, 6.07) is 7.75. The fourth-order valence-electron chi connectivity index (χ4n) is 4.13. The molecule has 1 aliphatic carbocycles. The number of amides is 1. The van der Waals surface area contributed by atoms with E-state index >= 15 is 0 Å². The maximum absolute atomic E-state index is 12.7. The van der Waals surface area contributed by atoms with Crippen LogP contribution in [0.25, 0.3) is 0 Å². The summed E-state index contributed by atoms with van der Waals surface area (Å²) in [6.07, 6.45) is 6.89. The molecular formula is C21H31ClN2O3. The zero-order chi connectivity index (χ0) is 19.3. The molecule has 1 unspecified atom stereocenters. The summed E-state index contributed by atoms with van der Waals surface area (Å²) in [7, 11) is 2.06. The number of aliphatic hydroxyl groups is 1. The van der Waals surface area contributed by atoms with Gasteiger partial charge in [-0.2, -0.15) is 0 Å². The van der Waals surface area contributed by atoms with Crippen LogP contribution in [-0.4, -0.2) is 65.7 Å². The third-order valence-electron chi connectivity index (χ3n) is 5.91. The molecule has 1 atom stereocenters. The van der Waals surface area contributed by atoms with Crippen LogP contribution >= 0.6 is 11.6 Å². The Hall–Kier alpha value is -1.30. The van der Waals surface area contributed by atoms with Crippen LogP contribution in [0.15, 0.2) is 24.3 Å². The predicted molar refractivity (Wildman–Crippen MR) is 107 cm³/mol. The Balaban J connectivity index is 1.49. The van der Waals surface area contributed by atoms with E-state index in [4.69, 9.17) is 16.3 Å². The van der Waals surface area contributed by atoms with E-state index in [2.05, 4.69) is 11.9 Å². The van der Waals surface area contributed by atoms with Crippen LogP contribution in [0.2, 0.25) is 5.02 Å². The van der Waals surface area contributed by atoms with E-state index in [1.807, 2.05) is 17.0 Å². The predicted octanol–water partition coefficient (Wildman–Crippen LogP) is 3.34. The molecule has 0 aromatic heterocycles. The number of halogens is 1. The molecular weight excluding hydrogens is 364 g/mol. The molecule has 150 valence electrons. The molecule has 1 N–H and O–H groups in total. The van der Waals surface area contributed by atoms with Gasteiger partial charge in [0, 0.05) is 24.2 Å². The molecule has 2 aliphatic rings. The normalized spacial score (nSPS) is 24.2. The van der Waals surface area contributed by atoms with E-state index in [0.717, 1.165) is 6.42 Å². The summed E-state index contributed by atoms with van der Waals surface area (Å²) in [5.41, 5.74) is -0.908. The summed E-state index contributed by atoms with van der Waals surface area (Å²) in [4.78, 5) is 16.8. The second kappa shape index (κ2) is 9.26. The zero-order valence-electron chi connectivity index (χ0n) is 16.2. The molecule has 27 heavy (non-hydrogen) atoms. The number of carbonyl (C=O) groups excluding carboxylic acids is 1. The Labute approximate surface area is 167 Å². The molecule has 5 nitrogen and oxygen atoms in total. The van der Waals surface area contributed by atoms with E-state index < -0.39 is 5.60 Å². The van der Waals surface area contributed by atoms with Gasteiger partial charge in [0.1, 0.15) is 18.0 Å². The number of nitrogens with zero attached hydrogens (tertiary/aromatic N) is 2. The molecule has 1 aromatic rings. The number of benzene rings is 1. The number of carbonyl (C=O) groups is 1. The largest absolute Gasteiger partial charge is 0.491 e. The smallest absolute Gasteiger partial charge is 0.236 e. The Morgan fingerprint density at radius 3 is 2.81 bits per heavy atom. The summed E-state index contributed by atoms with van der Waals surface area (Å²) in [5, 5.41) is 11.5. The molecule has 1 heterocycles. The van der Waals surface area contributed by atoms with Gasteiger partial charge in [-0.05, 0) is 57.4 Å². The first kappa shape index (κ1) is 20.4. The number of hydrogen-bond acceptors (Lipinski definition) is 4. The van der Waals surface area contributed by atoms with Gasteiger partial charge in [0.25, 0.3) is 0 Å². The van der Waals surface area contributed by atoms with Gasteiger partial charge in [-0.15, -0.1) is 0 Å². The van der Waals surface area contributed by atoms with E-state index in [0.29, 0.717) is 49.3 Å². The lowest BCUT2D eigenvalue weighted by Crippen LogP contribution is -2.43. The van der Waals surface area contributed by atoms with Crippen LogP contribution in [0.1, 0.15) is 44.9 Å². The van der Waals surface area contributed by atoms with Crippen LogP contribution in [0, 0.1) is 0 Å². The number of ether oxygens (including phenoxy) is 1. The molecule has 1 aliphatic heterocycles. The SMILES string of the molecule is CN(CC(=O)N1CCCC(O)(COc2cccc(Cl)c2)CC1)C1CCCC1. The molecule has 0 bridgehead atoms. The monoisotopic (exact) mass is 394 g/mol. The minimum atomic E-state index is -0.908. The van der Waals surface area contributed by atoms with Crippen LogP contribution in [0.3, 0.4) is 0 Å². The van der Waals surface area contributed by atoms with Crippen molar-refractivity contribution in [3.05, 3.63) is 29.3 Å². The molecule has 6 heteroatoms. The topological polar surface area (TPSA) is 53.0 Å². The van der Waals surface area contributed by atoms with Gasteiger partial charge < -0.3 is 14.7 Å². The van der Waals surface area contributed by atoms with E-state index in [1.165, 1.54) is 25.7 Å². The fraction of sp³-hybridized carbons (Fsp3) is 0.667. The Morgan fingerprint density at radius 2 is 2.07 bits per heavy atom. The van der Waals surface area contributed by atoms with Crippen LogP contribution in [0.4, 0.5) is 0 Å². The highest BCUT2D eigenvalue weighted by atomic mass is 35.5. The van der Waals surface area contributed by atoms with Crippen LogP contribution in [-0.2, 0) is 4.79 Å². The highest BCUT2D eigenvalue weighted by Gasteiger charge is 2.33. The fourth-order valence-corrected chi connectivity index (χ4v) is 4.31. The summed E-state index contributed by atoms with van der Waals surface area (Å²) < 4.78 is 5.77. The Kier molecular flexibility index (Phi) is 7.01. The van der Waals surface area contributed by atoms with Crippen molar-refractivity contribution in [2.45, 2.75) is 56.6 Å². The van der Waals surface area contributed by atoms with Gasteiger partial charge in [-0.1, -0.05) is 30.5 Å². The molecule has 1 amide bonds. The Bertz CT molecular complexity index is 636. The van der Waals surface area contributed by atoms with Gasteiger partial charge >= 0.3 is 0 Å². The van der Waals surface area contributed by atoms with Crippen LogP contribution < -0.4 is 4.74 Å². The Morgan fingerprint density at radius 1 is 1.30 bits per heavy atom. The minimum Gasteiger partial charge on any atom is -0.491 e. The van der Waals surface area contributed by atoms with Gasteiger partial charge in [0.05, 0.1) is 6.54 Å². The molecule has 2 fully saturated rings. The summed E-state index contributed by atoms with van der Waals surface area (Å²) in [6.45, 7) is 1.98. The van der Waals surface area contributed by atoms with Gasteiger partial charge in [0.2, 0.25) is 5.91 Å². The van der Waals surface area contributed by atoms with Crippen molar-refractivity contribution in [3.8, 4) is 5.75 Å². The van der Waals surface area contributed by atoms with Crippen molar-refractivity contribution in [2.24, 2.45) is 0 Å². The molecule has 3 rings (SSSR count). The standard InChI is InChI=1S/C21H31ClN2O3/c1-23(18-7-2-3-8-18)15-20(25)24-12-5-10-21(26,11-13-24)16-27-19-9-4-6-17(22)14-19/h4,6,9,14,18,26H,2-3,5,7-8,10-13,15-16H2,1H3. The maximum atomic E-state index is 12.7. The van der Waals surface area contributed by atoms with E-state index in [1.54, 1.807) is 12.1 Å². The first-order valence-corrected chi connectivity index (χ1v) is 10.4. The van der Waals surface area contributed by atoms with E-state index in [9.17, 15) is 9.90 Å². The van der Waals surface area contributed by atoms with Crippen molar-refractivity contribution in [1.29, 1.82) is 0 Å². The molecule has 1 aromatic carbocycles. The quantitative estimate of drug-likeness (QED) is 0.804.